The SMILES string of the molecule is CNC(=O)C1CN(C(C)C)CCN1S(=O)(=O)c1cn(C)cn1. The molecule has 1 amide bonds. The van der Waals surface area contributed by atoms with Crippen molar-refractivity contribution < 1.29 is 13.2 Å². The van der Waals surface area contributed by atoms with Gasteiger partial charge in [0.25, 0.3) is 10.0 Å². The van der Waals surface area contributed by atoms with Gasteiger partial charge in [-0.2, -0.15) is 4.31 Å². The first-order chi connectivity index (χ1) is 10.3. The van der Waals surface area contributed by atoms with Gasteiger partial charge in [-0.3, -0.25) is 9.69 Å². The van der Waals surface area contributed by atoms with Crippen LogP contribution in [0.25, 0.3) is 0 Å². The van der Waals surface area contributed by atoms with Gasteiger partial charge in [0.2, 0.25) is 5.91 Å². The largest absolute Gasteiger partial charge is 0.358 e. The molecule has 1 aromatic heterocycles. The van der Waals surface area contributed by atoms with Gasteiger partial charge < -0.3 is 9.88 Å². The van der Waals surface area contributed by atoms with Crippen molar-refractivity contribution in [2.75, 3.05) is 26.7 Å². The van der Waals surface area contributed by atoms with E-state index in [-0.39, 0.29) is 23.5 Å². The molecule has 124 valence electrons. The first-order valence-electron chi connectivity index (χ1n) is 7.22. The molecule has 0 aliphatic carbocycles. The van der Waals surface area contributed by atoms with Crippen LogP contribution < -0.4 is 5.32 Å². The summed E-state index contributed by atoms with van der Waals surface area (Å²) in [5, 5.41) is 2.53. The third-order valence-corrected chi connectivity index (χ3v) is 5.69. The van der Waals surface area contributed by atoms with E-state index in [0.717, 1.165) is 0 Å². The zero-order chi connectivity index (χ0) is 16.5. The maximum Gasteiger partial charge on any atom is 0.262 e. The topological polar surface area (TPSA) is 87.5 Å². The standard InChI is InChI=1S/C13H23N5O3S/c1-10(2)17-5-6-18(11(7-17)13(19)14-3)22(20,21)12-8-16(4)9-15-12/h8-11H,5-7H2,1-4H3,(H,14,19). The number of aryl methyl sites for hydroxylation is 1. The third-order valence-electron chi connectivity index (χ3n) is 3.90. The summed E-state index contributed by atoms with van der Waals surface area (Å²) in [7, 11) is -0.557. The van der Waals surface area contributed by atoms with Crippen molar-refractivity contribution in [3.63, 3.8) is 0 Å². The normalized spacial score (nSPS) is 21.2. The Kier molecular flexibility index (Phi) is 4.88. The van der Waals surface area contributed by atoms with Crippen LogP contribution in [-0.2, 0) is 21.9 Å². The fourth-order valence-electron chi connectivity index (χ4n) is 2.57. The molecule has 1 aliphatic rings. The second-order valence-corrected chi connectivity index (χ2v) is 7.55. The van der Waals surface area contributed by atoms with E-state index in [2.05, 4.69) is 15.2 Å². The van der Waals surface area contributed by atoms with E-state index in [0.29, 0.717) is 13.1 Å². The molecule has 0 saturated carbocycles. The van der Waals surface area contributed by atoms with E-state index in [1.54, 1.807) is 11.6 Å². The highest BCUT2D eigenvalue weighted by Gasteiger charge is 2.41. The molecule has 0 bridgehead atoms. The Labute approximate surface area is 131 Å². The van der Waals surface area contributed by atoms with Crippen LogP contribution in [-0.4, -0.2) is 71.8 Å². The summed E-state index contributed by atoms with van der Waals surface area (Å²) >= 11 is 0. The van der Waals surface area contributed by atoms with Gasteiger partial charge in [0.15, 0.2) is 5.03 Å². The second-order valence-electron chi connectivity index (χ2n) is 5.71. The second kappa shape index (κ2) is 6.35. The van der Waals surface area contributed by atoms with E-state index in [4.69, 9.17) is 0 Å². The molecule has 1 atom stereocenters. The lowest BCUT2D eigenvalue weighted by atomic mass is 10.1. The molecule has 0 radical (unpaired) electrons. The van der Waals surface area contributed by atoms with Crippen molar-refractivity contribution in [2.24, 2.45) is 7.05 Å². The predicted molar refractivity (Wildman–Crippen MR) is 81.7 cm³/mol. The minimum absolute atomic E-state index is 0.0260. The van der Waals surface area contributed by atoms with Crippen molar-refractivity contribution in [1.82, 2.24) is 24.1 Å². The van der Waals surface area contributed by atoms with Crippen molar-refractivity contribution in [3.8, 4) is 0 Å². The maximum absolute atomic E-state index is 12.8. The molecule has 9 heteroatoms. The van der Waals surface area contributed by atoms with E-state index >= 15 is 0 Å². The summed E-state index contributed by atoms with van der Waals surface area (Å²) in [5.41, 5.74) is 0. The van der Waals surface area contributed by atoms with Crippen LogP contribution in [0.4, 0.5) is 0 Å². The van der Waals surface area contributed by atoms with Crippen LogP contribution in [0.2, 0.25) is 0 Å². The summed E-state index contributed by atoms with van der Waals surface area (Å²) in [5.74, 6) is -0.301. The third kappa shape index (κ3) is 3.16. The zero-order valence-electron chi connectivity index (χ0n) is 13.4. The molecule has 2 heterocycles. The van der Waals surface area contributed by atoms with Crippen LogP contribution in [0.15, 0.2) is 17.6 Å². The van der Waals surface area contributed by atoms with Crippen molar-refractivity contribution >= 4 is 15.9 Å². The van der Waals surface area contributed by atoms with Gasteiger partial charge >= 0.3 is 0 Å². The monoisotopic (exact) mass is 329 g/mol. The van der Waals surface area contributed by atoms with Crippen LogP contribution in [0.5, 0.6) is 0 Å². The number of imidazole rings is 1. The Bertz CT molecular complexity index is 640. The number of amides is 1. The van der Waals surface area contributed by atoms with E-state index in [1.165, 1.54) is 23.9 Å². The van der Waals surface area contributed by atoms with Gasteiger partial charge in [-0.1, -0.05) is 0 Å². The van der Waals surface area contributed by atoms with Gasteiger partial charge in [-0.25, -0.2) is 13.4 Å². The van der Waals surface area contributed by atoms with Crippen molar-refractivity contribution in [2.45, 2.75) is 31.0 Å². The first-order valence-corrected chi connectivity index (χ1v) is 8.67. The minimum Gasteiger partial charge on any atom is -0.358 e. The Morgan fingerprint density at radius 1 is 1.41 bits per heavy atom. The highest BCUT2D eigenvalue weighted by Crippen LogP contribution is 2.21. The minimum atomic E-state index is -3.78. The van der Waals surface area contributed by atoms with Crippen molar-refractivity contribution in [3.05, 3.63) is 12.5 Å². The molecule has 2 rings (SSSR count). The number of likely N-dealkylation sites (N-methyl/N-ethyl adjacent to an activating group) is 1. The summed E-state index contributed by atoms with van der Waals surface area (Å²) in [6, 6.07) is -0.486. The Morgan fingerprint density at radius 3 is 2.59 bits per heavy atom. The molecule has 0 spiro atoms. The van der Waals surface area contributed by atoms with E-state index < -0.39 is 16.1 Å². The molecule has 1 N–H and O–H groups in total. The highest BCUT2D eigenvalue weighted by atomic mass is 32.2. The number of piperazine rings is 1. The predicted octanol–water partition coefficient (Wildman–Crippen LogP) is -0.751. The number of aromatic nitrogens is 2. The molecule has 0 aromatic carbocycles. The van der Waals surface area contributed by atoms with E-state index in [1.807, 2.05) is 13.8 Å². The highest BCUT2D eigenvalue weighted by molar-refractivity contribution is 7.89. The lowest BCUT2D eigenvalue weighted by Gasteiger charge is -2.40. The smallest absolute Gasteiger partial charge is 0.262 e. The van der Waals surface area contributed by atoms with Crippen LogP contribution in [0.3, 0.4) is 0 Å². The number of carbonyl (C=O) groups excluding carboxylic acids is 1. The fourth-order valence-corrected chi connectivity index (χ4v) is 4.11. The molecular formula is C13H23N5O3S. The summed E-state index contributed by atoms with van der Waals surface area (Å²) < 4.78 is 28.4. The number of sulfonamides is 1. The molecule has 1 aliphatic heterocycles. The van der Waals surface area contributed by atoms with Gasteiger partial charge in [0, 0.05) is 46.0 Å². The number of hydrogen-bond donors (Lipinski definition) is 1. The fraction of sp³-hybridized carbons (Fsp3) is 0.692. The summed E-state index contributed by atoms with van der Waals surface area (Å²) in [6.07, 6.45) is 2.89. The number of nitrogens with one attached hydrogen (secondary N) is 1. The van der Waals surface area contributed by atoms with Crippen LogP contribution in [0, 0.1) is 0 Å². The van der Waals surface area contributed by atoms with Gasteiger partial charge in [-0.15, -0.1) is 0 Å². The lowest BCUT2D eigenvalue weighted by Crippen LogP contribution is -2.61. The average Bonchev–Trinajstić information content (AvgIpc) is 2.93. The van der Waals surface area contributed by atoms with Gasteiger partial charge in [0.1, 0.15) is 6.04 Å². The molecular weight excluding hydrogens is 306 g/mol. The van der Waals surface area contributed by atoms with Crippen LogP contribution >= 0.6 is 0 Å². The number of nitrogens with zero attached hydrogens (tertiary/aromatic N) is 4. The van der Waals surface area contributed by atoms with Crippen molar-refractivity contribution in [1.29, 1.82) is 0 Å². The van der Waals surface area contributed by atoms with Gasteiger partial charge in [-0.05, 0) is 13.8 Å². The lowest BCUT2D eigenvalue weighted by molar-refractivity contribution is -0.126. The van der Waals surface area contributed by atoms with Crippen LogP contribution in [0.1, 0.15) is 13.8 Å². The van der Waals surface area contributed by atoms with Gasteiger partial charge in [0.05, 0.1) is 6.33 Å². The molecule has 1 aromatic rings. The number of carbonyl (C=O) groups is 1. The molecule has 8 nitrogen and oxygen atoms in total. The molecule has 1 unspecified atom stereocenters. The molecule has 22 heavy (non-hydrogen) atoms. The maximum atomic E-state index is 12.8. The molecule has 1 fully saturated rings. The summed E-state index contributed by atoms with van der Waals surface area (Å²) in [6.45, 7) is 5.31. The summed E-state index contributed by atoms with van der Waals surface area (Å²) in [4.78, 5) is 18.2. The Morgan fingerprint density at radius 2 is 2.09 bits per heavy atom. The number of rotatable bonds is 4. The average molecular weight is 329 g/mol. The first kappa shape index (κ1) is 16.9. The van der Waals surface area contributed by atoms with E-state index in [9.17, 15) is 13.2 Å². The number of hydrogen-bond acceptors (Lipinski definition) is 5. The zero-order valence-corrected chi connectivity index (χ0v) is 14.2. The Hall–Kier alpha value is -1.45. The molecule has 1 saturated heterocycles. The quantitative estimate of drug-likeness (QED) is 0.785. The Balaban J connectivity index is 2.33.